The van der Waals surface area contributed by atoms with Gasteiger partial charge >= 0.3 is 6.18 Å². The minimum atomic E-state index is -4.38. The number of hydrogen-bond donors (Lipinski definition) is 1. The van der Waals surface area contributed by atoms with Crippen molar-refractivity contribution >= 4 is 17.2 Å². The van der Waals surface area contributed by atoms with Crippen LogP contribution in [0.5, 0.6) is 0 Å². The standard InChI is InChI=1S/C14H12F3NOS/c1-9(18-13(19)11-5-6-20-8-11)10-3-2-4-12(7-10)14(15,16)17/h2-9H,1H3,(H,18,19). The van der Waals surface area contributed by atoms with Crippen LogP contribution in [0.2, 0.25) is 0 Å². The quantitative estimate of drug-likeness (QED) is 0.901. The Morgan fingerprint density at radius 3 is 2.65 bits per heavy atom. The highest BCUT2D eigenvalue weighted by molar-refractivity contribution is 7.08. The van der Waals surface area contributed by atoms with Gasteiger partial charge in [-0.05, 0) is 36.1 Å². The molecule has 1 N–H and O–H groups in total. The summed E-state index contributed by atoms with van der Waals surface area (Å²) in [7, 11) is 0. The van der Waals surface area contributed by atoms with E-state index in [-0.39, 0.29) is 5.91 Å². The van der Waals surface area contributed by atoms with Crippen molar-refractivity contribution in [3.8, 4) is 0 Å². The number of rotatable bonds is 3. The molecule has 0 fully saturated rings. The van der Waals surface area contributed by atoms with Crippen molar-refractivity contribution in [2.75, 3.05) is 0 Å². The van der Waals surface area contributed by atoms with Gasteiger partial charge in [0.2, 0.25) is 0 Å². The summed E-state index contributed by atoms with van der Waals surface area (Å²) in [4.78, 5) is 11.8. The van der Waals surface area contributed by atoms with Gasteiger partial charge in [0, 0.05) is 5.38 Å². The largest absolute Gasteiger partial charge is 0.416 e. The summed E-state index contributed by atoms with van der Waals surface area (Å²) in [6.07, 6.45) is -4.38. The molecular weight excluding hydrogens is 287 g/mol. The van der Waals surface area contributed by atoms with E-state index in [2.05, 4.69) is 5.32 Å². The number of halogens is 3. The highest BCUT2D eigenvalue weighted by Gasteiger charge is 2.30. The minimum Gasteiger partial charge on any atom is -0.345 e. The van der Waals surface area contributed by atoms with Crippen molar-refractivity contribution in [1.29, 1.82) is 0 Å². The van der Waals surface area contributed by atoms with Crippen LogP contribution in [-0.2, 0) is 6.18 Å². The van der Waals surface area contributed by atoms with Crippen molar-refractivity contribution in [2.45, 2.75) is 19.1 Å². The second-order valence-electron chi connectivity index (χ2n) is 4.33. The van der Waals surface area contributed by atoms with E-state index in [1.165, 1.54) is 17.4 Å². The van der Waals surface area contributed by atoms with E-state index >= 15 is 0 Å². The van der Waals surface area contributed by atoms with Crippen molar-refractivity contribution in [2.24, 2.45) is 0 Å². The molecule has 2 nitrogen and oxygen atoms in total. The number of nitrogens with one attached hydrogen (secondary N) is 1. The highest BCUT2D eigenvalue weighted by Crippen LogP contribution is 2.30. The number of carbonyl (C=O) groups is 1. The lowest BCUT2D eigenvalue weighted by Gasteiger charge is -2.15. The van der Waals surface area contributed by atoms with Gasteiger partial charge in [0.25, 0.3) is 5.91 Å². The molecule has 1 heterocycles. The summed E-state index contributed by atoms with van der Waals surface area (Å²) in [5.74, 6) is -0.295. The average Bonchev–Trinajstić information content (AvgIpc) is 2.91. The third-order valence-corrected chi connectivity index (χ3v) is 3.53. The maximum Gasteiger partial charge on any atom is 0.416 e. The fraction of sp³-hybridized carbons (Fsp3) is 0.214. The Hall–Kier alpha value is -1.82. The van der Waals surface area contributed by atoms with E-state index in [0.717, 1.165) is 12.1 Å². The van der Waals surface area contributed by atoms with Crippen LogP contribution in [0.3, 0.4) is 0 Å². The second-order valence-corrected chi connectivity index (χ2v) is 5.11. The van der Waals surface area contributed by atoms with Gasteiger partial charge in [-0.3, -0.25) is 4.79 Å². The van der Waals surface area contributed by atoms with Crippen molar-refractivity contribution in [3.63, 3.8) is 0 Å². The molecule has 0 radical (unpaired) electrons. The molecule has 0 aliphatic carbocycles. The summed E-state index contributed by atoms with van der Waals surface area (Å²) in [5, 5.41) is 6.13. The summed E-state index contributed by atoms with van der Waals surface area (Å²) in [5.41, 5.74) is 0.212. The molecule has 2 rings (SSSR count). The van der Waals surface area contributed by atoms with Crippen LogP contribution < -0.4 is 5.32 Å². The Bertz CT molecular complexity index is 593. The monoisotopic (exact) mass is 299 g/mol. The normalized spacial score (nSPS) is 13.0. The fourth-order valence-corrected chi connectivity index (χ4v) is 2.38. The number of thiophene rings is 1. The Kier molecular flexibility index (Phi) is 4.13. The minimum absolute atomic E-state index is 0.295. The van der Waals surface area contributed by atoms with Crippen LogP contribution in [0.1, 0.15) is 34.5 Å². The maximum absolute atomic E-state index is 12.6. The fourth-order valence-electron chi connectivity index (χ4n) is 1.74. The van der Waals surface area contributed by atoms with Gasteiger partial charge in [0.1, 0.15) is 0 Å². The summed E-state index contributed by atoms with van der Waals surface area (Å²) >= 11 is 1.39. The van der Waals surface area contributed by atoms with Gasteiger partial charge in [0.15, 0.2) is 0 Å². The van der Waals surface area contributed by atoms with Crippen LogP contribution in [0.4, 0.5) is 13.2 Å². The molecule has 1 aromatic heterocycles. The van der Waals surface area contributed by atoms with Crippen LogP contribution in [-0.4, -0.2) is 5.91 Å². The predicted octanol–water partition coefficient (Wildman–Crippen LogP) is 4.26. The van der Waals surface area contributed by atoms with Crippen molar-refractivity contribution in [1.82, 2.24) is 5.32 Å². The first-order valence-corrected chi connectivity index (χ1v) is 6.82. The van der Waals surface area contributed by atoms with Crippen LogP contribution in [0.15, 0.2) is 41.1 Å². The Morgan fingerprint density at radius 1 is 1.30 bits per heavy atom. The molecule has 1 aromatic carbocycles. The molecular formula is C14H12F3NOS. The number of benzene rings is 1. The van der Waals surface area contributed by atoms with E-state index < -0.39 is 17.8 Å². The van der Waals surface area contributed by atoms with Gasteiger partial charge in [-0.25, -0.2) is 0 Å². The SMILES string of the molecule is CC(NC(=O)c1ccsc1)c1cccc(C(F)(F)F)c1. The van der Waals surface area contributed by atoms with E-state index in [0.29, 0.717) is 11.1 Å². The lowest BCUT2D eigenvalue weighted by atomic mass is 10.0. The first-order chi connectivity index (χ1) is 9.38. The number of alkyl halides is 3. The van der Waals surface area contributed by atoms with E-state index in [1.807, 2.05) is 0 Å². The zero-order valence-electron chi connectivity index (χ0n) is 10.6. The van der Waals surface area contributed by atoms with E-state index in [1.54, 1.807) is 29.8 Å². The molecule has 0 bridgehead atoms. The lowest BCUT2D eigenvalue weighted by Crippen LogP contribution is -2.26. The summed E-state index contributed by atoms with van der Waals surface area (Å²) in [6.45, 7) is 1.65. The molecule has 1 unspecified atom stereocenters. The smallest absolute Gasteiger partial charge is 0.345 e. The molecule has 0 saturated heterocycles. The molecule has 0 spiro atoms. The number of hydrogen-bond acceptors (Lipinski definition) is 2. The molecule has 1 amide bonds. The van der Waals surface area contributed by atoms with E-state index in [9.17, 15) is 18.0 Å². The average molecular weight is 299 g/mol. The molecule has 2 aromatic rings. The highest BCUT2D eigenvalue weighted by atomic mass is 32.1. The van der Waals surface area contributed by atoms with Crippen molar-refractivity contribution in [3.05, 3.63) is 57.8 Å². The predicted molar refractivity (Wildman–Crippen MR) is 71.6 cm³/mol. The maximum atomic E-state index is 12.6. The lowest BCUT2D eigenvalue weighted by molar-refractivity contribution is -0.137. The van der Waals surface area contributed by atoms with Gasteiger partial charge in [0.05, 0.1) is 17.2 Å². The third kappa shape index (κ3) is 3.39. The Morgan fingerprint density at radius 2 is 2.05 bits per heavy atom. The molecule has 0 aliphatic heterocycles. The Labute approximate surface area is 118 Å². The molecule has 1 atom stereocenters. The molecule has 0 aliphatic rings. The van der Waals surface area contributed by atoms with Crippen molar-refractivity contribution < 1.29 is 18.0 Å². The topological polar surface area (TPSA) is 29.1 Å². The molecule has 6 heteroatoms. The van der Waals surface area contributed by atoms with E-state index in [4.69, 9.17) is 0 Å². The zero-order chi connectivity index (χ0) is 14.8. The first-order valence-electron chi connectivity index (χ1n) is 5.88. The summed E-state index contributed by atoms with van der Waals surface area (Å²) < 4.78 is 37.9. The zero-order valence-corrected chi connectivity index (χ0v) is 11.4. The van der Waals surface area contributed by atoms with Gasteiger partial charge in [-0.15, -0.1) is 0 Å². The molecule has 0 saturated carbocycles. The molecule has 20 heavy (non-hydrogen) atoms. The molecule has 106 valence electrons. The summed E-state index contributed by atoms with van der Waals surface area (Å²) in [6, 6.07) is 6.14. The van der Waals surface area contributed by atoms with Gasteiger partial charge in [-0.2, -0.15) is 24.5 Å². The van der Waals surface area contributed by atoms with Crippen LogP contribution in [0.25, 0.3) is 0 Å². The number of amides is 1. The third-order valence-electron chi connectivity index (χ3n) is 2.84. The van der Waals surface area contributed by atoms with Crippen LogP contribution in [0, 0.1) is 0 Å². The van der Waals surface area contributed by atoms with Gasteiger partial charge in [-0.1, -0.05) is 12.1 Å². The van der Waals surface area contributed by atoms with Gasteiger partial charge < -0.3 is 5.32 Å². The second kappa shape index (κ2) is 5.66. The Balaban J connectivity index is 2.13. The number of carbonyl (C=O) groups excluding carboxylic acids is 1. The van der Waals surface area contributed by atoms with Crippen LogP contribution >= 0.6 is 11.3 Å². The first kappa shape index (κ1) is 14.6.